The number of ether oxygens (including phenoxy) is 2. The number of hydrogen-bond donors (Lipinski definition) is 1. The highest BCUT2D eigenvalue weighted by atomic mass is 16.7. The molecule has 0 radical (unpaired) electrons. The number of rotatable bonds is 0. The van der Waals surface area contributed by atoms with Gasteiger partial charge < -0.3 is 19.1 Å². The van der Waals surface area contributed by atoms with Gasteiger partial charge in [0.1, 0.15) is 0 Å². The lowest BCUT2D eigenvalue weighted by Gasteiger charge is -2.16. The first-order valence-corrected chi connectivity index (χ1v) is 7.61. The van der Waals surface area contributed by atoms with E-state index in [4.69, 9.17) is 9.47 Å². The first kappa shape index (κ1) is 13.2. The SMILES string of the molecule is Cn1cc2c(=O)c(O)ccc-2c2ccc3cc4c(cc3c21)OCO4. The minimum absolute atomic E-state index is 0.231. The largest absolute Gasteiger partial charge is 0.504 e. The van der Waals surface area contributed by atoms with Crippen molar-refractivity contribution in [3.05, 3.63) is 52.8 Å². The molecular formula is C19H13NO4. The maximum atomic E-state index is 12.2. The van der Waals surface area contributed by atoms with Crippen LogP contribution in [-0.2, 0) is 7.05 Å². The molecule has 2 heterocycles. The minimum Gasteiger partial charge on any atom is -0.504 e. The number of aryl methyl sites for hydroxylation is 1. The molecule has 2 aromatic carbocycles. The van der Waals surface area contributed by atoms with E-state index in [0.29, 0.717) is 5.56 Å². The molecule has 0 saturated carbocycles. The summed E-state index contributed by atoms with van der Waals surface area (Å²) in [5.74, 6) is 1.24. The molecule has 2 aromatic rings. The quantitative estimate of drug-likeness (QED) is 0.506. The zero-order valence-corrected chi connectivity index (χ0v) is 12.9. The molecule has 5 heteroatoms. The minimum atomic E-state index is -0.351. The number of hydrogen-bond acceptors (Lipinski definition) is 4. The van der Waals surface area contributed by atoms with Crippen LogP contribution in [0.1, 0.15) is 0 Å². The van der Waals surface area contributed by atoms with E-state index in [-0.39, 0.29) is 18.0 Å². The fourth-order valence-electron chi connectivity index (χ4n) is 3.50. The van der Waals surface area contributed by atoms with Gasteiger partial charge in [-0.2, -0.15) is 0 Å². The van der Waals surface area contributed by atoms with Gasteiger partial charge >= 0.3 is 0 Å². The molecule has 1 N–H and O–H groups in total. The smallest absolute Gasteiger partial charge is 0.231 e. The van der Waals surface area contributed by atoms with E-state index in [1.54, 1.807) is 12.3 Å². The monoisotopic (exact) mass is 319 g/mol. The van der Waals surface area contributed by atoms with Crippen LogP contribution in [-0.4, -0.2) is 16.5 Å². The van der Waals surface area contributed by atoms with Crippen LogP contribution in [0.2, 0.25) is 0 Å². The van der Waals surface area contributed by atoms with Gasteiger partial charge in [-0.3, -0.25) is 4.79 Å². The van der Waals surface area contributed by atoms with Crippen molar-refractivity contribution in [2.45, 2.75) is 0 Å². The summed E-state index contributed by atoms with van der Waals surface area (Å²) in [6.07, 6.45) is 1.77. The van der Waals surface area contributed by atoms with Gasteiger partial charge in [0.05, 0.1) is 5.52 Å². The van der Waals surface area contributed by atoms with E-state index in [1.807, 2.05) is 35.9 Å². The third-order valence-electron chi connectivity index (χ3n) is 4.63. The number of aromatic nitrogens is 1. The number of pyridine rings is 1. The van der Waals surface area contributed by atoms with Crippen LogP contribution < -0.4 is 14.9 Å². The fourth-order valence-corrected chi connectivity index (χ4v) is 3.50. The third-order valence-corrected chi connectivity index (χ3v) is 4.63. The second kappa shape index (κ2) is 4.41. The van der Waals surface area contributed by atoms with Crippen LogP contribution in [0.15, 0.2) is 47.4 Å². The van der Waals surface area contributed by atoms with Crippen LogP contribution in [0.5, 0.6) is 17.2 Å². The van der Waals surface area contributed by atoms with Crippen LogP contribution in [0.25, 0.3) is 32.8 Å². The van der Waals surface area contributed by atoms with E-state index in [0.717, 1.165) is 38.7 Å². The van der Waals surface area contributed by atoms with Crippen molar-refractivity contribution >= 4 is 21.7 Å². The molecule has 1 aliphatic carbocycles. The van der Waals surface area contributed by atoms with Gasteiger partial charge in [-0.15, -0.1) is 0 Å². The van der Waals surface area contributed by atoms with E-state index < -0.39 is 0 Å². The summed E-state index contributed by atoms with van der Waals surface area (Å²) in [6.45, 7) is 0.234. The van der Waals surface area contributed by atoms with E-state index in [1.165, 1.54) is 6.07 Å². The molecule has 118 valence electrons. The van der Waals surface area contributed by atoms with E-state index in [2.05, 4.69) is 0 Å². The number of benzene rings is 3. The Balaban J connectivity index is 2.00. The summed E-state index contributed by atoms with van der Waals surface area (Å²) in [5, 5.41) is 12.7. The number of nitrogens with zero attached hydrogens (tertiary/aromatic N) is 1. The number of phenolic OH excluding ortho intramolecular Hbond substituents is 1. The Morgan fingerprint density at radius 1 is 1.00 bits per heavy atom. The summed E-state index contributed by atoms with van der Waals surface area (Å²) in [5.41, 5.74) is 1.98. The normalized spacial score (nSPS) is 13.2. The summed E-state index contributed by atoms with van der Waals surface area (Å²) >= 11 is 0. The molecule has 5 rings (SSSR count). The molecule has 24 heavy (non-hydrogen) atoms. The Labute approximate surface area is 136 Å². The summed E-state index contributed by atoms with van der Waals surface area (Å²) in [7, 11) is 1.90. The Kier molecular flexibility index (Phi) is 2.44. The Hall–Kier alpha value is -3.21. The van der Waals surface area contributed by atoms with Gasteiger partial charge in [0.15, 0.2) is 17.2 Å². The highest BCUT2D eigenvalue weighted by molar-refractivity contribution is 6.11. The second-order valence-electron chi connectivity index (χ2n) is 6.00. The molecule has 0 fully saturated rings. The van der Waals surface area contributed by atoms with Gasteiger partial charge in [-0.25, -0.2) is 0 Å². The van der Waals surface area contributed by atoms with Gasteiger partial charge in [0, 0.05) is 29.6 Å². The van der Waals surface area contributed by atoms with E-state index >= 15 is 0 Å². The zero-order chi connectivity index (χ0) is 16.4. The molecule has 2 aliphatic heterocycles. The molecule has 3 aliphatic rings. The maximum Gasteiger partial charge on any atom is 0.231 e. The Morgan fingerprint density at radius 3 is 2.62 bits per heavy atom. The van der Waals surface area contributed by atoms with Crippen molar-refractivity contribution in [2.75, 3.05) is 6.79 Å². The third kappa shape index (κ3) is 1.61. The van der Waals surface area contributed by atoms with Gasteiger partial charge in [0.2, 0.25) is 12.2 Å². The molecule has 0 bridgehead atoms. The van der Waals surface area contributed by atoms with Crippen molar-refractivity contribution in [3.63, 3.8) is 0 Å². The van der Waals surface area contributed by atoms with Crippen LogP contribution in [0, 0.1) is 0 Å². The van der Waals surface area contributed by atoms with Crippen LogP contribution >= 0.6 is 0 Å². The molecule has 5 nitrogen and oxygen atoms in total. The topological polar surface area (TPSA) is 60.7 Å². The standard InChI is InChI=1S/C19H13NO4/c1-20-8-14-11(4-5-15(21)19(14)22)12-3-2-10-6-16-17(24-9-23-16)7-13(10)18(12)20/h2-8,21H,9H2,1H3. The highest BCUT2D eigenvalue weighted by Gasteiger charge is 2.19. The summed E-state index contributed by atoms with van der Waals surface area (Å²) in [6, 6.07) is 11.2. The second-order valence-corrected chi connectivity index (χ2v) is 6.00. The summed E-state index contributed by atoms with van der Waals surface area (Å²) < 4.78 is 12.9. The molecular weight excluding hydrogens is 306 g/mol. The van der Waals surface area contributed by atoms with E-state index in [9.17, 15) is 9.90 Å². The fraction of sp³-hybridized carbons (Fsp3) is 0.105. The lowest BCUT2D eigenvalue weighted by molar-refractivity contribution is 0.174. The maximum absolute atomic E-state index is 12.2. The molecule has 0 amide bonds. The molecule has 0 atom stereocenters. The number of phenols is 1. The zero-order valence-electron chi connectivity index (χ0n) is 12.9. The summed E-state index contributed by atoms with van der Waals surface area (Å²) in [4.78, 5) is 12.2. The lowest BCUT2D eigenvalue weighted by Crippen LogP contribution is -2.08. The number of aromatic hydroxyl groups is 1. The number of fused-ring (bicyclic) bond motifs is 6. The first-order valence-electron chi connectivity index (χ1n) is 7.61. The predicted molar refractivity (Wildman–Crippen MR) is 91.1 cm³/mol. The predicted octanol–water partition coefficient (Wildman–Crippen LogP) is 3.23. The Bertz CT molecular complexity index is 1180. The highest BCUT2D eigenvalue weighted by Crippen LogP contribution is 2.40. The van der Waals surface area contributed by atoms with Crippen LogP contribution in [0.4, 0.5) is 0 Å². The molecule has 0 saturated heterocycles. The van der Waals surface area contributed by atoms with Gasteiger partial charge in [0.25, 0.3) is 0 Å². The van der Waals surface area contributed by atoms with Crippen LogP contribution in [0.3, 0.4) is 0 Å². The average Bonchev–Trinajstić information content (AvgIpc) is 3.03. The van der Waals surface area contributed by atoms with Crippen molar-refractivity contribution in [1.82, 2.24) is 4.57 Å². The average molecular weight is 319 g/mol. The molecule has 0 spiro atoms. The molecule has 0 aromatic heterocycles. The lowest BCUT2D eigenvalue weighted by atomic mass is 9.96. The Morgan fingerprint density at radius 2 is 1.79 bits per heavy atom. The van der Waals surface area contributed by atoms with Gasteiger partial charge in [-0.05, 0) is 35.2 Å². The van der Waals surface area contributed by atoms with Crippen molar-refractivity contribution in [3.8, 4) is 28.4 Å². The first-order chi connectivity index (χ1) is 11.6. The van der Waals surface area contributed by atoms with Gasteiger partial charge in [-0.1, -0.05) is 12.1 Å². The van der Waals surface area contributed by atoms with Crippen molar-refractivity contribution < 1.29 is 14.6 Å². The van der Waals surface area contributed by atoms with Crippen molar-refractivity contribution in [1.29, 1.82) is 0 Å². The molecule has 0 unspecified atom stereocenters. The van der Waals surface area contributed by atoms with Crippen molar-refractivity contribution in [2.24, 2.45) is 7.05 Å².